The van der Waals surface area contributed by atoms with Gasteiger partial charge in [0, 0.05) is 12.6 Å². The van der Waals surface area contributed by atoms with Gasteiger partial charge in [-0.1, -0.05) is 0 Å². The molecule has 1 atom stereocenters. The van der Waals surface area contributed by atoms with E-state index >= 15 is 0 Å². The van der Waals surface area contributed by atoms with Gasteiger partial charge in [-0.25, -0.2) is 13.8 Å². The van der Waals surface area contributed by atoms with Crippen LogP contribution in [0.3, 0.4) is 0 Å². The van der Waals surface area contributed by atoms with Crippen LogP contribution < -0.4 is 0 Å². The summed E-state index contributed by atoms with van der Waals surface area (Å²) in [4.78, 5) is 6.25. The Kier molecular flexibility index (Phi) is 4.06. The van der Waals surface area contributed by atoms with Crippen LogP contribution in [0, 0.1) is 11.6 Å². The zero-order valence-electron chi connectivity index (χ0n) is 11.1. The van der Waals surface area contributed by atoms with E-state index in [1.54, 1.807) is 4.57 Å². The first kappa shape index (κ1) is 14.2. The van der Waals surface area contributed by atoms with E-state index in [1.807, 2.05) is 25.9 Å². The Labute approximate surface area is 115 Å². The zero-order valence-corrected chi connectivity index (χ0v) is 11.9. The van der Waals surface area contributed by atoms with E-state index < -0.39 is 11.6 Å². The summed E-state index contributed by atoms with van der Waals surface area (Å²) < 4.78 is 29.0. The lowest BCUT2D eigenvalue weighted by molar-refractivity contribution is 0.284. The number of rotatable bonds is 4. The Morgan fingerprint density at radius 1 is 1.37 bits per heavy atom. The second kappa shape index (κ2) is 5.43. The molecular formula is C13H16ClF2N3. The minimum Gasteiger partial charge on any atom is -0.323 e. The van der Waals surface area contributed by atoms with Crippen molar-refractivity contribution < 1.29 is 8.78 Å². The molecule has 1 heterocycles. The predicted octanol–water partition coefficient (Wildman–Crippen LogP) is 3.00. The first-order valence-electron chi connectivity index (χ1n) is 6.01. The van der Waals surface area contributed by atoms with Crippen LogP contribution in [-0.2, 0) is 12.4 Å². The second-order valence-electron chi connectivity index (χ2n) is 4.81. The summed E-state index contributed by atoms with van der Waals surface area (Å²) in [5, 5.41) is 0. The maximum Gasteiger partial charge on any atom is 0.184 e. The van der Waals surface area contributed by atoms with E-state index in [0.717, 1.165) is 6.07 Å². The fourth-order valence-corrected chi connectivity index (χ4v) is 2.14. The average molecular weight is 288 g/mol. The molecule has 0 amide bonds. The number of benzene rings is 1. The van der Waals surface area contributed by atoms with Gasteiger partial charge in [0.15, 0.2) is 11.6 Å². The maximum atomic E-state index is 14.0. The molecule has 6 heteroatoms. The number of halogens is 3. The largest absolute Gasteiger partial charge is 0.323 e. The highest BCUT2D eigenvalue weighted by molar-refractivity contribution is 6.16. The summed E-state index contributed by atoms with van der Waals surface area (Å²) in [6, 6.07) is 2.71. The van der Waals surface area contributed by atoms with Gasteiger partial charge in [-0.2, -0.15) is 0 Å². The maximum absolute atomic E-state index is 14.0. The third-order valence-electron chi connectivity index (χ3n) is 3.33. The molecule has 0 spiro atoms. The number of fused-ring (bicyclic) bond motifs is 1. The number of aromatic nitrogens is 2. The number of alkyl halides is 1. The molecule has 104 valence electrons. The van der Waals surface area contributed by atoms with Crippen molar-refractivity contribution in [3.05, 3.63) is 29.6 Å². The lowest BCUT2D eigenvalue weighted by Crippen LogP contribution is -2.29. The summed E-state index contributed by atoms with van der Waals surface area (Å²) >= 11 is 5.85. The molecule has 0 aliphatic rings. The number of hydrogen-bond acceptors (Lipinski definition) is 2. The van der Waals surface area contributed by atoms with Crippen LogP contribution in [0.1, 0.15) is 12.7 Å². The van der Waals surface area contributed by atoms with E-state index in [2.05, 4.69) is 4.98 Å². The van der Waals surface area contributed by atoms with Gasteiger partial charge in [-0.15, -0.1) is 11.6 Å². The topological polar surface area (TPSA) is 21.1 Å². The van der Waals surface area contributed by atoms with Crippen molar-refractivity contribution >= 4 is 22.6 Å². The lowest BCUT2D eigenvalue weighted by atomic mass is 10.2. The Hall–Kier alpha value is -1.20. The van der Waals surface area contributed by atoms with Crippen molar-refractivity contribution in [1.82, 2.24) is 14.5 Å². The summed E-state index contributed by atoms with van der Waals surface area (Å²) in [7, 11) is 3.86. The lowest BCUT2D eigenvalue weighted by Gasteiger charge is -2.21. The Bertz CT molecular complexity index is 595. The van der Waals surface area contributed by atoms with E-state index in [4.69, 9.17) is 11.6 Å². The van der Waals surface area contributed by atoms with Crippen molar-refractivity contribution in [2.24, 2.45) is 0 Å². The summed E-state index contributed by atoms with van der Waals surface area (Å²) in [5.74, 6) is -1.02. The average Bonchev–Trinajstić information content (AvgIpc) is 2.72. The number of likely N-dealkylation sites (N-methyl/N-ethyl adjacent to an activating group) is 1. The molecule has 0 aliphatic heterocycles. The highest BCUT2D eigenvalue weighted by Gasteiger charge is 2.18. The molecule has 0 saturated heterocycles. The smallest absolute Gasteiger partial charge is 0.184 e. The minimum absolute atomic E-state index is 0.155. The first-order valence-corrected chi connectivity index (χ1v) is 6.54. The molecule has 2 aromatic rings. The van der Waals surface area contributed by atoms with Crippen LogP contribution >= 0.6 is 11.6 Å². The van der Waals surface area contributed by atoms with Gasteiger partial charge in [0.1, 0.15) is 11.3 Å². The van der Waals surface area contributed by atoms with Crippen molar-refractivity contribution in [3.63, 3.8) is 0 Å². The van der Waals surface area contributed by atoms with Gasteiger partial charge in [0.05, 0.1) is 11.4 Å². The van der Waals surface area contributed by atoms with E-state index in [9.17, 15) is 8.78 Å². The SMILES string of the molecule is CC(Cn1c(CCl)nc2ccc(F)c(F)c21)N(C)C. The molecule has 1 aromatic carbocycles. The van der Waals surface area contributed by atoms with Crippen LogP contribution in [-0.4, -0.2) is 34.6 Å². The highest BCUT2D eigenvalue weighted by atomic mass is 35.5. The summed E-state index contributed by atoms with van der Waals surface area (Å²) in [6.45, 7) is 2.51. The molecule has 1 aromatic heterocycles. The van der Waals surface area contributed by atoms with Gasteiger partial charge < -0.3 is 9.47 Å². The van der Waals surface area contributed by atoms with Crippen LogP contribution in [0.25, 0.3) is 11.0 Å². The Balaban J connectivity index is 2.59. The Morgan fingerprint density at radius 3 is 2.63 bits per heavy atom. The molecule has 2 rings (SSSR count). The van der Waals surface area contributed by atoms with Crippen LogP contribution in [0.2, 0.25) is 0 Å². The monoisotopic (exact) mass is 287 g/mol. The van der Waals surface area contributed by atoms with E-state index in [-0.39, 0.29) is 17.4 Å². The normalized spacial score (nSPS) is 13.4. The molecule has 0 bridgehead atoms. The summed E-state index contributed by atoms with van der Waals surface area (Å²) in [5.41, 5.74) is 0.616. The number of nitrogens with zero attached hydrogens (tertiary/aromatic N) is 3. The van der Waals surface area contributed by atoms with Gasteiger partial charge in [-0.3, -0.25) is 0 Å². The van der Waals surface area contributed by atoms with Crippen LogP contribution in [0.4, 0.5) is 8.78 Å². The fraction of sp³-hybridized carbons (Fsp3) is 0.462. The number of imidazole rings is 1. The number of hydrogen-bond donors (Lipinski definition) is 0. The molecule has 0 radical (unpaired) electrons. The van der Waals surface area contributed by atoms with Crippen molar-refractivity contribution in [2.45, 2.75) is 25.4 Å². The third kappa shape index (κ3) is 2.58. The molecule has 0 fully saturated rings. The van der Waals surface area contributed by atoms with E-state index in [0.29, 0.717) is 17.9 Å². The first-order chi connectivity index (χ1) is 8.95. The van der Waals surface area contributed by atoms with Gasteiger partial charge in [0.25, 0.3) is 0 Å². The van der Waals surface area contributed by atoms with Gasteiger partial charge >= 0.3 is 0 Å². The molecule has 1 unspecified atom stereocenters. The molecule has 0 aliphatic carbocycles. The van der Waals surface area contributed by atoms with Crippen molar-refractivity contribution in [3.8, 4) is 0 Å². The van der Waals surface area contributed by atoms with E-state index in [1.165, 1.54) is 6.07 Å². The molecule has 3 nitrogen and oxygen atoms in total. The minimum atomic E-state index is -0.868. The predicted molar refractivity (Wildman–Crippen MR) is 72.4 cm³/mol. The fourth-order valence-electron chi connectivity index (χ4n) is 1.93. The molecule has 0 N–H and O–H groups in total. The highest BCUT2D eigenvalue weighted by Crippen LogP contribution is 2.23. The molecule has 0 saturated carbocycles. The Morgan fingerprint density at radius 2 is 2.05 bits per heavy atom. The quantitative estimate of drug-likeness (QED) is 0.806. The van der Waals surface area contributed by atoms with Crippen LogP contribution in [0.15, 0.2) is 12.1 Å². The third-order valence-corrected chi connectivity index (χ3v) is 3.57. The van der Waals surface area contributed by atoms with Crippen LogP contribution in [0.5, 0.6) is 0 Å². The molecule has 19 heavy (non-hydrogen) atoms. The van der Waals surface area contributed by atoms with Gasteiger partial charge in [0.2, 0.25) is 0 Å². The molecular weight excluding hydrogens is 272 g/mol. The van der Waals surface area contributed by atoms with Crippen molar-refractivity contribution in [2.75, 3.05) is 14.1 Å². The van der Waals surface area contributed by atoms with Crippen molar-refractivity contribution in [1.29, 1.82) is 0 Å². The second-order valence-corrected chi connectivity index (χ2v) is 5.08. The zero-order chi connectivity index (χ0) is 14.2. The standard InChI is InChI=1S/C13H16ClF2N3/c1-8(18(2)3)7-19-11(6-14)17-10-5-4-9(15)12(16)13(10)19/h4-5,8H,6-7H2,1-3H3. The van der Waals surface area contributed by atoms with Gasteiger partial charge in [-0.05, 0) is 33.2 Å². The summed E-state index contributed by atoms with van der Waals surface area (Å²) in [6.07, 6.45) is 0.